The van der Waals surface area contributed by atoms with Gasteiger partial charge in [0, 0.05) is 33.1 Å². The van der Waals surface area contributed by atoms with Crippen molar-refractivity contribution in [1.82, 2.24) is 15.1 Å². The van der Waals surface area contributed by atoms with Crippen LogP contribution < -0.4 is 5.32 Å². The van der Waals surface area contributed by atoms with E-state index in [1.54, 1.807) is 6.92 Å². The van der Waals surface area contributed by atoms with Crippen LogP contribution >= 0.6 is 12.4 Å². The van der Waals surface area contributed by atoms with Crippen LogP contribution in [0.25, 0.3) is 0 Å². The first kappa shape index (κ1) is 19.2. The van der Waals surface area contributed by atoms with Crippen LogP contribution in [0.3, 0.4) is 0 Å². The van der Waals surface area contributed by atoms with Crippen LogP contribution in [-0.2, 0) is 9.59 Å². The third kappa shape index (κ3) is 5.13. The molecule has 2 fully saturated rings. The molecule has 1 atom stereocenters. The first-order valence-electron chi connectivity index (χ1n) is 8.36. The van der Waals surface area contributed by atoms with Crippen LogP contribution in [-0.4, -0.2) is 60.9 Å². The molecule has 0 radical (unpaired) electrons. The number of nitrogens with zero attached hydrogens (tertiary/aromatic N) is 2. The Morgan fingerprint density at radius 1 is 1.09 bits per heavy atom. The molecule has 2 amide bonds. The highest BCUT2D eigenvalue weighted by Gasteiger charge is 2.31. The van der Waals surface area contributed by atoms with E-state index in [0.29, 0.717) is 12.5 Å². The molecule has 0 bridgehead atoms. The van der Waals surface area contributed by atoms with Gasteiger partial charge < -0.3 is 15.1 Å². The Kier molecular flexibility index (Phi) is 8.18. The summed E-state index contributed by atoms with van der Waals surface area (Å²) in [4.78, 5) is 27.9. The van der Waals surface area contributed by atoms with Crippen molar-refractivity contribution < 1.29 is 9.59 Å². The van der Waals surface area contributed by atoms with Crippen LogP contribution in [0, 0.1) is 11.8 Å². The van der Waals surface area contributed by atoms with Gasteiger partial charge in [0.15, 0.2) is 0 Å². The first-order chi connectivity index (χ1) is 10.1. The molecule has 5 nitrogen and oxygen atoms in total. The van der Waals surface area contributed by atoms with Gasteiger partial charge in [-0.05, 0) is 44.7 Å². The SMILES string of the molecule is CCNCC1CCN(C(=O)C2CCCN(C(C)=O)C2)CC1.Cl. The minimum absolute atomic E-state index is 0. The van der Waals surface area contributed by atoms with Crippen molar-refractivity contribution >= 4 is 24.2 Å². The highest BCUT2D eigenvalue weighted by molar-refractivity contribution is 5.85. The fourth-order valence-electron chi connectivity index (χ4n) is 3.43. The third-order valence-corrected chi connectivity index (χ3v) is 4.83. The van der Waals surface area contributed by atoms with E-state index in [-0.39, 0.29) is 30.1 Å². The Hall–Kier alpha value is -0.810. The van der Waals surface area contributed by atoms with Gasteiger partial charge in [-0.25, -0.2) is 0 Å². The molecule has 0 spiro atoms. The molecule has 2 aliphatic rings. The van der Waals surface area contributed by atoms with Crippen molar-refractivity contribution in [1.29, 1.82) is 0 Å². The van der Waals surface area contributed by atoms with Gasteiger partial charge in [-0.2, -0.15) is 0 Å². The maximum Gasteiger partial charge on any atom is 0.227 e. The minimum Gasteiger partial charge on any atom is -0.342 e. The molecule has 2 aliphatic heterocycles. The summed E-state index contributed by atoms with van der Waals surface area (Å²) in [5.41, 5.74) is 0. The summed E-state index contributed by atoms with van der Waals surface area (Å²) in [6.45, 7) is 9.00. The Labute approximate surface area is 140 Å². The van der Waals surface area contributed by atoms with Crippen molar-refractivity contribution in [2.45, 2.75) is 39.5 Å². The molecule has 2 rings (SSSR count). The zero-order valence-electron chi connectivity index (χ0n) is 13.8. The van der Waals surface area contributed by atoms with Gasteiger partial charge in [-0.1, -0.05) is 6.92 Å². The zero-order chi connectivity index (χ0) is 15.2. The second-order valence-electron chi connectivity index (χ2n) is 6.38. The number of hydrogen-bond donors (Lipinski definition) is 1. The van der Waals surface area contributed by atoms with Gasteiger partial charge in [-0.3, -0.25) is 9.59 Å². The number of carbonyl (C=O) groups is 2. The summed E-state index contributed by atoms with van der Waals surface area (Å²) < 4.78 is 0. The van der Waals surface area contributed by atoms with Gasteiger partial charge in [0.25, 0.3) is 0 Å². The lowest BCUT2D eigenvalue weighted by Crippen LogP contribution is -2.48. The molecule has 0 aromatic rings. The molecular weight excluding hydrogens is 302 g/mol. The molecule has 0 aromatic heterocycles. The average Bonchev–Trinajstić information content (AvgIpc) is 2.53. The Morgan fingerprint density at radius 3 is 2.36 bits per heavy atom. The van der Waals surface area contributed by atoms with Crippen molar-refractivity contribution in [3.8, 4) is 0 Å². The van der Waals surface area contributed by atoms with Gasteiger partial charge in [0.1, 0.15) is 0 Å². The lowest BCUT2D eigenvalue weighted by molar-refractivity contribution is -0.141. The Balaban J connectivity index is 0.00000242. The predicted octanol–water partition coefficient (Wildman–Crippen LogP) is 1.51. The monoisotopic (exact) mass is 331 g/mol. The van der Waals surface area contributed by atoms with E-state index in [1.807, 2.05) is 9.80 Å². The molecule has 1 N–H and O–H groups in total. The normalized spacial score (nSPS) is 23.1. The Bertz CT molecular complexity index is 370. The lowest BCUT2D eigenvalue weighted by Gasteiger charge is -2.37. The maximum absolute atomic E-state index is 12.6. The number of piperidine rings is 2. The van der Waals surface area contributed by atoms with Crippen molar-refractivity contribution in [2.75, 3.05) is 39.3 Å². The molecule has 2 heterocycles. The van der Waals surface area contributed by atoms with Crippen molar-refractivity contribution in [2.24, 2.45) is 11.8 Å². The Morgan fingerprint density at radius 2 is 1.77 bits per heavy atom. The fraction of sp³-hybridized carbons (Fsp3) is 0.875. The van der Waals surface area contributed by atoms with Crippen molar-refractivity contribution in [3.05, 3.63) is 0 Å². The molecule has 0 saturated carbocycles. The van der Waals surface area contributed by atoms with E-state index in [9.17, 15) is 9.59 Å². The zero-order valence-corrected chi connectivity index (χ0v) is 14.7. The summed E-state index contributed by atoms with van der Waals surface area (Å²) >= 11 is 0. The third-order valence-electron chi connectivity index (χ3n) is 4.83. The number of amides is 2. The number of hydrogen-bond acceptors (Lipinski definition) is 3. The van der Waals surface area contributed by atoms with Crippen LogP contribution in [0.5, 0.6) is 0 Å². The van der Waals surface area contributed by atoms with E-state index >= 15 is 0 Å². The van der Waals surface area contributed by atoms with Crippen LogP contribution in [0.2, 0.25) is 0 Å². The van der Waals surface area contributed by atoms with Crippen LogP contribution in [0.15, 0.2) is 0 Å². The van der Waals surface area contributed by atoms with Crippen LogP contribution in [0.4, 0.5) is 0 Å². The molecule has 0 aliphatic carbocycles. The molecule has 22 heavy (non-hydrogen) atoms. The van der Waals surface area contributed by atoms with Gasteiger partial charge in [0.2, 0.25) is 11.8 Å². The quantitative estimate of drug-likeness (QED) is 0.849. The summed E-state index contributed by atoms with van der Waals surface area (Å²) in [6.07, 6.45) is 4.08. The molecule has 1 unspecified atom stereocenters. The summed E-state index contributed by atoms with van der Waals surface area (Å²) in [5, 5.41) is 3.40. The minimum atomic E-state index is 0. The first-order valence-corrected chi connectivity index (χ1v) is 8.36. The van der Waals surface area contributed by atoms with E-state index in [4.69, 9.17) is 0 Å². The summed E-state index contributed by atoms with van der Waals surface area (Å²) in [6, 6.07) is 0. The highest BCUT2D eigenvalue weighted by Crippen LogP contribution is 2.23. The average molecular weight is 332 g/mol. The largest absolute Gasteiger partial charge is 0.342 e. The van der Waals surface area contributed by atoms with Gasteiger partial charge in [0.05, 0.1) is 5.92 Å². The molecule has 6 heteroatoms. The topological polar surface area (TPSA) is 52.7 Å². The number of nitrogens with one attached hydrogen (secondary N) is 1. The summed E-state index contributed by atoms with van der Waals surface area (Å²) in [7, 11) is 0. The van der Waals surface area contributed by atoms with Crippen molar-refractivity contribution in [3.63, 3.8) is 0 Å². The standard InChI is InChI=1S/C16H29N3O2.ClH/c1-3-17-11-14-6-9-18(10-7-14)16(21)15-5-4-8-19(12-15)13(2)20;/h14-15,17H,3-12H2,1-2H3;1H. The predicted molar refractivity (Wildman–Crippen MR) is 90.1 cm³/mol. The second kappa shape index (κ2) is 9.36. The van der Waals surface area contributed by atoms with E-state index < -0.39 is 0 Å². The number of rotatable bonds is 4. The molecule has 0 aromatic carbocycles. The number of carbonyl (C=O) groups excluding carboxylic acids is 2. The molecule has 128 valence electrons. The van der Waals surface area contributed by atoms with Gasteiger partial charge in [-0.15, -0.1) is 12.4 Å². The maximum atomic E-state index is 12.6. The fourth-order valence-corrected chi connectivity index (χ4v) is 3.43. The van der Waals surface area contributed by atoms with Crippen LogP contribution in [0.1, 0.15) is 39.5 Å². The second-order valence-corrected chi connectivity index (χ2v) is 6.38. The molecule has 2 saturated heterocycles. The lowest BCUT2D eigenvalue weighted by atomic mass is 9.92. The summed E-state index contributed by atoms with van der Waals surface area (Å²) in [5.74, 6) is 1.08. The molecular formula is C16H30ClN3O2. The van der Waals surface area contributed by atoms with E-state index in [2.05, 4.69) is 12.2 Å². The van der Waals surface area contributed by atoms with E-state index in [0.717, 1.165) is 58.4 Å². The van der Waals surface area contributed by atoms with Gasteiger partial charge >= 0.3 is 0 Å². The highest BCUT2D eigenvalue weighted by atomic mass is 35.5. The van der Waals surface area contributed by atoms with E-state index in [1.165, 1.54) is 0 Å². The number of halogens is 1. The smallest absolute Gasteiger partial charge is 0.227 e. The number of likely N-dealkylation sites (tertiary alicyclic amines) is 2.